The Hall–Kier alpha value is 0.0500. The minimum Gasteiger partial charge on any atom is -0.126 e. The minimum absolute atomic E-state index is 0.281. The molecule has 1 nitrogen and oxygen atoms in total. The molecule has 78 valence electrons. The van der Waals surface area contributed by atoms with E-state index in [4.69, 9.17) is 35.2 Å². The molecule has 14 heavy (non-hydrogen) atoms. The molecule has 0 unspecified atom stereocenters. The van der Waals surface area contributed by atoms with Crippen LogP contribution in [0.1, 0.15) is 19.4 Å². The molecule has 0 aromatic heterocycles. The lowest BCUT2D eigenvalue weighted by Crippen LogP contribution is -2.33. The topological polar surface area (TPSA) is 3.24 Å². The average Bonchev–Trinajstić information content (AvgIpc) is 2.08. The molecule has 0 heterocycles. The third-order valence-corrected chi connectivity index (χ3v) is 3.17. The molecule has 1 rings (SSSR count). The van der Waals surface area contributed by atoms with E-state index >= 15 is 0 Å². The van der Waals surface area contributed by atoms with Gasteiger partial charge in [-0.25, -0.2) is 0 Å². The van der Waals surface area contributed by atoms with Crippen LogP contribution in [-0.2, 0) is 6.42 Å². The first-order valence-electron chi connectivity index (χ1n) is 4.28. The molecule has 0 amide bonds. The van der Waals surface area contributed by atoms with E-state index in [1.807, 2.05) is 38.1 Å². The fraction of sp³-hybridized carbons (Fsp3) is 0.400. The Labute approximate surface area is 99.8 Å². The summed E-state index contributed by atoms with van der Waals surface area (Å²) in [5.74, 6) is 0. The SMILES string of the molecule is CC(C)(Cc1ccc(Cl)cc1)N(Cl)Cl. The summed E-state index contributed by atoms with van der Waals surface area (Å²) in [7, 11) is 0. The fourth-order valence-corrected chi connectivity index (χ4v) is 1.41. The smallest absolute Gasteiger partial charge is 0.0510 e. The van der Waals surface area contributed by atoms with Gasteiger partial charge in [-0.05, 0) is 61.5 Å². The van der Waals surface area contributed by atoms with Crippen LogP contribution in [0.3, 0.4) is 0 Å². The van der Waals surface area contributed by atoms with Crippen molar-refractivity contribution < 1.29 is 0 Å². The molecule has 0 N–H and O–H groups in total. The van der Waals surface area contributed by atoms with Gasteiger partial charge in [0.05, 0.1) is 5.54 Å². The van der Waals surface area contributed by atoms with Crippen LogP contribution >= 0.6 is 35.2 Å². The first-order chi connectivity index (χ1) is 6.42. The lowest BCUT2D eigenvalue weighted by Gasteiger charge is -2.27. The van der Waals surface area contributed by atoms with Gasteiger partial charge in [0.15, 0.2) is 0 Å². The van der Waals surface area contributed by atoms with E-state index in [-0.39, 0.29) is 5.54 Å². The Morgan fingerprint density at radius 1 is 1.14 bits per heavy atom. The summed E-state index contributed by atoms with van der Waals surface area (Å²) in [6.07, 6.45) is 0.775. The molecule has 0 radical (unpaired) electrons. The zero-order valence-electron chi connectivity index (χ0n) is 8.10. The summed E-state index contributed by atoms with van der Waals surface area (Å²) in [6, 6.07) is 7.67. The van der Waals surface area contributed by atoms with Crippen molar-refractivity contribution in [3.63, 3.8) is 0 Å². The number of halogens is 3. The summed E-state index contributed by atoms with van der Waals surface area (Å²) < 4.78 is 1.18. The molecule has 0 spiro atoms. The molecule has 0 aliphatic rings. The van der Waals surface area contributed by atoms with Crippen molar-refractivity contribution in [1.82, 2.24) is 3.94 Å². The molecular formula is C10H12Cl3N. The Balaban J connectivity index is 2.74. The van der Waals surface area contributed by atoms with Gasteiger partial charge in [0.2, 0.25) is 0 Å². The quantitative estimate of drug-likeness (QED) is 0.726. The van der Waals surface area contributed by atoms with Crippen molar-refractivity contribution in [2.24, 2.45) is 0 Å². The van der Waals surface area contributed by atoms with E-state index in [1.54, 1.807) is 0 Å². The lowest BCUT2D eigenvalue weighted by molar-refractivity contribution is 0.350. The zero-order valence-corrected chi connectivity index (χ0v) is 10.4. The van der Waals surface area contributed by atoms with Crippen LogP contribution in [0.5, 0.6) is 0 Å². The number of hydrogen-bond acceptors (Lipinski definition) is 1. The molecular weight excluding hydrogens is 240 g/mol. The lowest BCUT2D eigenvalue weighted by atomic mass is 9.96. The molecule has 1 aromatic carbocycles. The van der Waals surface area contributed by atoms with Crippen molar-refractivity contribution in [2.75, 3.05) is 0 Å². The maximum absolute atomic E-state index is 5.78. The first kappa shape index (κ1) is 12.1. The highest BCUT2D eigenvalue weighted by molar-refractivity contribution is 6.34. The van der Waals surface area contributed by atoms with Crippen molar-refractivity contribution in [2.45, 2.75) is 25.8 Å². The number of benzene rings is 1. The molecule has 0 aliphatic heterocycles. The Bertz CT molecular complexity index is 293. The van der Waals surface area contributed by atoms with Crippen molar-refractivity contribution >= 4 is 35.2 Å². The summed E-state index contributed by atoms with van der Waals surface area (Å²) in [5, 5.41) is 0.736. The summed E-state index contributed by atoms with van der Waals surface area (Å²) in [5.41, 5.74) is 0.877. The molecule has 0 saturated carbocycles. The van der Waals surface area contributed by atoms with Gasteiger partial charge in [-0.3, -0.25) is 0 Å². The second-order valence-corrected chi connectivity index (χ2v) is 5.13. The Morgan fingerprint density at radius 2 is 1.64 bits per heavy atom. The van der Waals surface area contributed by atoms with Crippen LogP contribution in [0.4, 0.5) is 0 Å². The van der Waals surface area contributed by atoms with Crippen molar-refractivity contribution in [3.05, 3.63) is 34.9 Å². The highest BCUT2D eigenvalue weighted by Gasteiger charge is 2.24. The number of nitrogens with zero attached hydrogens (tertiary/aromatic N) is 1. The monoisotopic (exact) mass is 251 g/mol. The second kappa shape index (κ2) is 4.71. The van der Waals surface area contributed by atoms with Crippen LogP contribution < -0.4 is 0 Å². The summed E-state index contributed by atoms with van der Waals surface area (Å²) in [6.45, 7) is 3.95. The van der Waals surface area contributed by atoms with Gasteiger partial charge < -0.3 is 0 Å². The molecule has 0 aliphatic carbocycles. The molecule has 0 saturated heterocycles. The highest BCUT2D eigenvalue weighted by atomic mass is 35.5. The van der Waals surface area contributed by atoms with Gasteiger partial charge in [0, 0.05) is 5.02 Å². The van der Waals surface area contributed by atoms with Crippen LogP contribution in [0.15, 0.2) is 24.3 Å². The van der Waals surface area contributed by atoms with Crippen LogP contribution in [0, 0.1) is 0 Å². The average molecular weight is 253 g/mol. The molecule has 4 heteroatoms. The zero-order chi connectivity index (χ0) is 10.8. The third kappa shape index (κ3) is 3.32. The van der Waals surface area contributed by atoms with Crippen LogP contribution in [0.25, 0.3) is 0 Å². The first-order valence-corrected chi connectivity index (χ1v) is 5.33. The maximum atomic E-state index is 5.78. The predicted octanol–water partition coefficient (Wildman–Crippen LogP) is 4.27. The van der Waals surface area contributed by atoms with Crippen LogP contribution in [0.2, 0.25) is 5.02 Å². The standard InChI is InChI=1S/C10H12Cl3N/c1-10(2,14(12)13)7-8-3-5-9(11)6-4-8/h3-6H,7H2,1-2H3. The molecule has 1 aromatic rings. The molecule has 0 bridgehead atoms. The van der Waals surface area contributed by atoms with Gasteiger partial charge >= 0.3 is 0 Å². The van der Waals surface area contributed by atoms with Crippen LogP contribution in [-0.4, -0.2) is 9.48 Å². The normalized spacial score (nSPS) is 12.1. The summed E-state index contributed by atoms with van der Waals surface area (Å²) >= 11 is 17.2. The van der Waals surface area contributed by atoms with Gasteiger partial charge in [0.25, 0.3) is 0 Å². The van der Waals surface area contributed by atoms with Crippen molar-refractivity contribution in [3.8, 4) is 0 Å². The van der Waals surface area contributed by atoms with E-state index in [2.05, 4.69) is 0 Å². The van der Waals surface area contributed by atoms with Gasteiger partial charge in [-0.15, -0.1) is 3.94 Å². The van der Waals surface area contributed by atoms with Gasteiger partial charge in [-0.1, -0.05) is 23.7 Å². The van der Waals surface area contributed by atoms with Crippen molar-refractivity contribution in [1.29, 1.82) is 0 Å². The van der Waals surface area contributed by atoms with Gasteiger partial charge in [0.1, 0.15) is 0 Å². The van der Waals surface area contributed by atoms with E-state index in [1.165, 1.54) is 3.94 Å². The maximum Gasteiger partial charge on any atom is 0.0510 e. The van der Waals surface area contributed by atoms with E-state index in [0.29, 0.717) is 0 Å². The van der Waals surface area contributed by atoms with E-state index in [0.717, 1.165) is 17.0 Å². The third-order valence-electron chi connectivity index (χ3n) is 2.01. The molecule has 0 atom stereocenters. The summed E-state index contributed by atoms with van der Waals surface area (Å²) in [4.78, 5) is 0. The Morgan fingerprint density at radius 3 is 2.07 bits per heavy atom. The largest absolute Gasteiger partial charge is 0.126 e. The predicted molar refractivity (Wildman–Crippen MR) is 62.8 cm³/mol. The second-order valence-electron chi connectivity index (χ2n) is 3.85. The molecule has 0 fully saturated rings. The van der Waals surface area contributed by atoms with E-state index < -0.39 is 0 Å². The van der Waals surface area contributed by atoms with Gasteiger partial charge in [-0.2, -0.15) is 0 Å². The number of hydrogen-bond donors (Lipinski definition) is 0. The number of rotatable bonds is 3. The minimum atomic E-state index is -0.281. The Kier molecular flexibility index (Phi) is 4.08. The highest BCUT2D eigenvalue weighted by Crippen LogP contribution is 2.24. The van der Waals surface area contributed by atoms with E-state index in [9.17, 15) is 0 Å². The fourth-order valence-electron chi connectivity index (χ4n) is 1.16.